The van der Waals surface area contributed by atoms with E-state index in [1.807, 2.05) is 26.0 Å². The number of anilines is 2. The van der Waals surface area contributed by atoms with Crippen LogP contribution in [-0.2, 0) is 10.0 Å². The van der Waals surface area contributed by atoms with E-state index in [2.05, 4.69) is 15.2 Å². The quantitative estimate of drug-likeness (QED) is 0.554. The summed E-state index contributed by atoms with van der Waals surface area (Å²) in [6.07, 6.45) is 4.48. The molecule has 2 aromatic carbocycles. The van der Waals surface area contributed by atoms with E-state index in [0.29, 0.717) is 24.3 Å². The predicted molar refractivity (Wildman–Crippen MR) is 132 cm³/mol. The summed E-state index contributed by atoms with van der Waals surface area (Å²) in [5.41, 5.74) is 2.51. The van der Waals surface area contributed by atoms with Crippen LogP contribution in [0.5, 0.6) is 0 Å². The largest absolute Gasteiger partial charge is 0.370 e. The first-order chi connectivity index (χ1) is 16.0. The van der Waals surface area contributed by atoms with Gasteiger partial charge in [-0.3, -0.25) is 9.78 Å². The van der Waals surface area contributed by atoms with E-state index >= 15 is 0 Å². The first-order valence-corrected chi connectivity index (χ1v) is 12.9. The van der Waals surface area contributed by atoms with Gasteiger partial charge in [0, 0.05) is 43.3 Å². The number of nitrogens with one attached hydrogen (secondary N) is 1. The van der Waals surface area contributed by atoms with E-state index in [-0.39, 0.29) is 10.8 Å². The Morgan fingerprint density at radius 3 is 2.52 bits per heavy atom. The topological polar surface area (TPSA) is 82.6 Å². The van der Waals surface area contributed by atoms with Gasteiger partial charge in [-0.05, 0) is 63.1 Å². The van der Waals surface area contributed by atoms with Gasteiger partial charge in [0.25, 0.3) is 5.91 Å². The molecule has 0 bridgehead atoms. The van der Waals surface area contributed by atoms with Crippen molar-refractivity contribution in [2.75, 3.05) is 36.4 Å². The molecule has 3 aromatic rings. The first kappa shape index (κ1) is 23.2. The number of amides is 1. The Morgan fingerprint density at radius 1 is 1.03 bits per heavy atom. The number of nitrogens with zero attached hydrogens (tertiary/aromatic N) is 3. The van der Waals surface area contributed by atoms with Gasteiger partial charge in [0.1, 0.15) is 0 Å². The van der Waals surface area contributed by atoms with Crippen molar-refractivity contribution >= 4 is 38.2 Å². The summed E-state index contributed by atoms with van der Waals surface area (Å²) < 4.78 is 28.1. The van der Waals surface area contributed by atoms with Crippen molar-refractivity contribution in [2.45, 2.75) is 38.0 Å². The highest BCUT2D eigenvalue weighted by Crippen LogP contribution is 2.32. The zero-order valence-electron chi connectivity index (χ0n) is 19.1. The number of carbonyl (C=O) groups excluding carboxylic acids is 1. The van der Waals surface area contributed by atoms with E-state index in [0.717, 1.165) is 48.9 Å². The van der Waals surface area contributed by atoms with Gasteiger partial charge in [0.05, 0.1) is 21.8 Å². The number of piperidine rings is 1. The lowest BCUT2D eigenvalue weighted by atomic mass is 10.1. The molecule has 0 radical (unpaired) electrons. The summed E-state index contributed by atoms with van der Waals surface area (Å²) in [4.78, 5) is 20.0. The van der Waals surface area contributed by atoms with Crippen LogP contribution in [0.3, 0.4) is 0 Å². The van der Waals surface area contributed by atoms with E-state index in [1.165, 1.54) is 0 Å². The molecule has 8 heteroatoms. The lowest BCUT2D eigenvalue weighted by Gasteiger charge is -2.28. The Labute approximate surface area is 195 Å². The number of aromatic nitrogens is 1. The van der Waals surface area contributed by atoms with Crippen molar-refractivity contribution in [1.82, 2.24) is 9.29 Å². The van der Waals surface area contributed by atoms with E-state index in [9.17, 15) is 13.2 Å². The summed E-state index contributed by atoms with van der Waals surface area (Å²) in [6, 6.07) is 14.1. The second kappa shape index (κ2) is 9.89. The molecule has 1 aromatic heterocycles. The van der Waals surface area contributed by atoms with Crippen LogP contribution in [-0.4, -0.2) is 49.8 Å². The van der Waals surface area contributed by atoms with E-state index in [1.54, 1.807) is 46.9 Å². The van der Waals surface area contributed by atoms with Crippen LogP contribution in [0, 0.1) is 0 Å². The number of hydrogen-bond donors (Lipinski definition) is 1. The summed E-state index contributed by atoms with van der Waals surface area (Å²) in [5.74, 6) is -0.297. The van der Waals surface area contributed by atoms with Crippen molar-refractivity contribution in [3.8, 4) is 0 Å². The Hall–Kier alpha value is -2.97. The van der Waals surface area contributed by atoms with Crippen LogP contribution in [0.2, 0.25) is 0 Å². The first-order valence-electron chi connectivity index (χ1n) is 11.5. The summed E-state index contributed by atoms with van der Waals surface area (Å²) in [5, 5.41) is 3.74. The van der Waals surface area contributed by atoms with Gasteiger partial charge in [-0.25, -0.2) is 8.42 Å². The minimum Gasteiger partial charge on any atom is -0.370 e. The summed E-state index contributed by atoms with van der Waals surface area (Å²) in [7, 11) is -3.62. The van der Waals surface area contributed by atoms with Gasteiger partial charge in [0.15, 0.2) is 0 Å². The highest BCUT2D eigenvalue weighted by Gasteiger charge is 2.27. The number of hydrogen-bond acceptors (Lipinski definition) is 5. The Kier molecular flexibility index (Phi) is 6.95. The molecule has 0 atom stereocenters. The molecular weight excluding hydrogens is 436 g/mol. The number of carbonyl (C=O) groups is 1. The molecule has 1 aliphatic rings. The van der Waals surface area contributed by atoms with E-state index < -0.39 is 10.0 Å². The lowest BCUT2D eigenvalue weighted by molar-refractivity contribution is 0.102. The third kappa shape index (κ3) is 4.72. The SMILES string of the molecule is CCN(CC)c1ccc(S(=O)(=O)N2CCCCC2)cc1NC(=O)c1cccc2ncccc12. The Morgan fingerprint density at radius 2 is 1.79 bits per heavy atom. The molecule has 4 rings (SSSR count). The zero-order chi connectivity index (χ0) is 23.4. The van der Waals surface area contributed by atoms with Gasteiger partial charge in [-0.2, -0.15) is 4.31 Å². The van der Waals surface area contributed by atoms with Crippen molar-refractivity contribution in [1.29, 1.82) is 0 Å². The summed E-state index contributed by atoms with van der Waals surface area (Å²) in [6.45, 7) is 6.59. The van der Waals surface area contributed by atoms with Crippen LogP contribution < -0.4 is 10.2 Å². The van der Waals surface area contributed by atoms with Crippen LogP contribution in [0.25, 0.3) is 10.9 Å². The van der Waals surface area contributed by atoms with Gasteiger partial charge >= 0.3 is 0 Å². The highest BCUT2D eigenvalue weighted by atomic mass is 32.2. The minimum atomic E-state index is -3.62. The zero-order valence-corrected chi connectivity index (χ0v) is 19.9. The molecule has 174 valence electrons. The highest BCUT2D eigenvalue weighted by molar-refractivity contribution is 7.89. The van der Waals surface area contributed by atoms with Crippen LogP contribution in [0.4, 0.5) is 11.4 Å². The maximum absolute atomic E-state index is 13.3. The maximum Gasteiger partial charge on any atom is 0.256 e. The molecule has 1 amide bonds. The predicted octanol–water partition coefficient (Wildman–Crippen LogP) is 4.51. The van der Waals surface area contributed by atoms with Crippen LogP contribution in [0.1, 0.15) is 43.5 Å². The third-order valence-electron chi connectivity index (χ3n) is 6.16. The molecule has 2 heterocycles. The van der Waals surface area contributed by atoms with Gasteiger partial charge in [-0.15, -0.1) is 0 Å². The third-order valence-corrected chi connectivity index (χ3v) is 8.06. The fourth-order valence-corrected chi connectivity index (χ4v) is 5.90. The molecule has 1 saturated heterocycles. The average molecular weight is 467 g/mol. The van der Waals surface area contributed by atoms with Crippen LogP contribution in [0.15, 0.2) is 59.6 Å². The lowest BCUT2D eigenvalue weighted by Crippen LogP contribution is -2.35. The van der Waals surface area contributed by atoms with Gasteiger partial charge < -0.3 is 10.2 Å². The standard InChI is InChI=1S/C25H30N4O3S/c1-3-28(4-2)24-14-13-19(33(31,32)29-16-6-5-7-17-29)18-23(24)27-25(30)21-10-8-12-22-20(21)11-9-15-26-22/h8-15,18H,3-7,16-17H2,1-2H3,(H,27,30). The number of fused-ring (bicyclic) bond motifs is 1. The van der Waals surface area contributed by atoms with Crippen molar-refractivity contribution in [2.24, 2.45) is 0 Å². The monoisotopic (exact) mass is 466 g/mol. The molecular formula is C25H30N4O3S. The molecule has 7 nitrogen and oxygen atoms in total. The Balaban J connectivity index is 1.74. The van der Waals surface area contributed by atoms with Crippen LogP contribution >= 0.6 is 0 Å². The second-order valence-corrected chi connectivity index (χ2v) is 10.1. The number of benzene rings is 2. The van der Waals surface area contributed by atoms with Crippen molar-refractivity contribution < 1.29 is 13.2 Å². The molecule has 0 unspecified atom stereocenters. The van der Waals surface area contributed by atoms with Gasteiger partial charge in [0.2, 0.25) is 10.0 Å². The molecule has 0 spiro atoms. The molecule has 0 saturated carbocycles. The summed E-state index contributed by atoms with van der Waals surface area (Å²) >= 11 is 0. The molecule has 1 fully saturated rings. The maximum atomic E-state index is 13.3. The minimum absolute atomic E-state index is 0.204. The Bertz CT molecular complexity index is 1240. The fourth-order valence-electron chi connectivity index (χ4n) is 4.36. The molecule has 0 aliphatic carbocycles. The van der Waals surface area contributed by atoms with Crippen molar-refractivity contribution in [3.63, 3.8) is 0 Å². The number of sulfonamides is 1. The normalized spacial score (nSPS) is 14.8. The number of pyridine rings is 1. The van der Waals surface area contributed by atoms with Gasteiger partial charge in [-0.1, -0.05) is 18.6 Å². The molecule has 1 aliphatic heterocycles. The second-order valence-electron chi connectivity index (χ2n) is 8.15. The molecule has 33 heavy (non-hydrogen) atoms. The molecule has 1 N–H and O–H groups in total. The fraction of sp³-hybridized carbons (Fsp3) is 0.360. The average Bonchev–Trinajstić information content (AvgIpc) is 2.85. The van der Waals surface area contributed by atoms with Crippen molar-refractivity contribution in [3.05, 3.63) is 60.3 Å². The smallest absolute Gasteiger partial charge is 0.256 e. The van der Waals surface area contributed by atoms with E-state index in [4.69, 9.17) is 0 Å². The number of rotatable bonds is 7.